The monoisotopic (exact) mass is 686 g/mol. The highest BCUT2D eigenvalue weighted by Gasteiger charge is 2.32. The van der Waals surface area contributed by atoms with Gasteiger partial charge in [0, 0.05) is 20.8 Å². The van der Waals surface area contributed by atoms with E-state index in [1.165, 1.54) is 13.3 Å². The highest BCUT2D eigenvalue weighted by molar-refractivity contribution is 9.10. The summed E-state index contributed by atoms with van der Waals surface area (Å²) < 4.78 is 23.4. The fourth-order valence-corrected chi connectivity index (χ4v) is 4.75. The molecule has 3 aromatic carbocycles. The van der Waals surface area contributed by atoms with Gasteiger partial charge in [0.2, 0.25) is 0 Å². The summed E-state index contributed by atoms with van der Waals surface area (Å²) in [4.78, 5) is 24.6. The van der Waals surface area contributed by atoms with E-state index in [4.69, 9.17) is 30.5 Å². The summed E-state index contributed by atoms with van der Waals surface area (Å²) in [5.41, 5.74) is 5.47. The van der Waals surface area contributed by atoms with Gasteiger partial charge in [-0.2, -0.15) is 5.10 Å². The van der Waals surface area contributed by atoms with Gasteiger partial charge in [0.15, 0.2) is 17.7 Å². The van der Waals surface area contributed by atoms with Crippen LogP contribution >= 0.6 is 27.5 Å². The van der Waals surface area contributed by atoms with E-state index in [1.807, 2.05) is 31.2 Å². The number of aliphatic hydroxyl groups is 1. The summed E-state index contributed by atoms with van der Waals surface area (Å²) in [6.07, 6.45) is 0.320. The summed E-state index contributed by atoms with van der Waals surface area (Å²) in [6.45, 7) is 3.94. The summed E-state index contributed by atoms with van der Waals surface area (Å²) in [5, 5.41) is 20.4. The number of nitrogens with zero attached hydrogens (tertiary/aromatic N) is 1. The smallest absolute Gasteiger partial charge is 0.337 e. The minimum absolute atomic E-state index is 0.171. The van der Waals surface area contributed by atoms with E-state index < -0.39 is 24.3 Å². The van der Waals surface area contributed by atoms with E-state index >= 15 is 0 Å². The van der Waals surface area contributed by atoms with Gasteiger partial charge >= 0.3 is 12.0 Å². The lowest BCUT2D eigenvalue weighted by molar-refractivity contribution is -0.136. The molecule has 4 N–H and O–H groups in total. The molecule has 1 heterocycles. The predicted molar refractivity (Wildman–Crippen MR) is 169 cm³/mol. The molecule has 0 saturated carbocycles. The first-order chi connectivity index (χ1) is 21.2. The Morgan fingerprint density at radius 3 is 2.57 bits per heavy atom. The molecule has 11 nitrogen and oxygen atoms in total. The average molecular weight is 688 g/mol. The molecule has 3 aromatic rings. The highest BCUT2D eigenvalue weighted by atomic mass is 79.9. The number of aliphatic hydroxyl groups excluding tert-OH is 1. The van der Waals surface area contributed by atoms with Crippen LogP contribution in [0, 0.1) is 0 Å². The molecule has 0 radical (unpaired) electrons. The summed E-state index contributed by atoms with van der Waals surface area (Å²) in [6, 6.07) is 16.8. The van der Waals surface area contributed by atoms with Crippen molar-refractivity contribution in [1.29, 1.82) is 0 Å². The van der Waals surface area contributed by atoms with Crippen LogP contribution in [0.1, 0.15) is 36.6 Å². The molecule has 2 atom stereocenters. The Labute approximate surface area is 268 Å². The number of amides is 2. The first kappa shape index (κ1) is 32.6. The molecule has 4 rings (SSSR count). The van der Waals surface area contributed by atoms with Crippen molar-refractivity contribution in [3.8, 4) is 17.2 Å². The third kappa shape index (κ3) is 8.65. The molecular weight excluding hydrogens is 656 g/mol. The molecular formula is C31H32BrClN4O7. The van der Waals surface area contributed by atoms with Gasteiger partial charge in [-0.25, -0.2) is 9.59 Å². The molecule has 232 valence electrons. The Kier molecular flexibility index (Phi) is 11.5. The lowest BCUT2D eigenvalue weighted by Crippen LogP contribution is -2.45. The zero-order valence-electron chi connectivity index (χ0n) is 24.2. The zero-order valence-corrected chi connectivity index (χ0v) is 26.6. The van der Waals surface area contributed by atoms with Crippen LogP contribution in [0.25, 0.3) is 0 Å². The van der Waals surface area contributed by atoms with Crippen molar-refractivity contribution in [2.45, 2.75) is 32.7 Å². The minimum Gasteiger partial charge on any atom is -0.490 e. The van der Waals surface area contributed by atoms with Gasteiger partial charge in [-0.3, -0.25) is 5.43 Å². The molecule has 0 spiro atoms. The van der Waals surface area contributed by atoms with Crippen LogP contribution in [0.5, 0.6) is 17.2 Å². The maximum atomic E-state index is 12.4. The molecule has 13 heteroatoms. The van der Waals surface area contributed by atoms with E-state index in [2.05, 4.69) is 37.1 Å². The van der Waals surface area contributed by atoms with Gasteiger partial charge in [0.25, 0.3) is 0 Å². The number of carbonyl (C=O) groups excluding carboxylic acids is 2. The lowest BCUT2D eigenvalue weighted by atomic mass is 9.95. The number of hydrogen-bond donors (Lipinski definition) is 4. The minimum atomic E-state index is -1.17. The molecule has 2 amide bonds. The van der Waals surface area contributed by atoms with E-state index in [0.29, 0.717) is 52.3 Å². The number of urea groups is 1. The Hall–Kier alpha value is -4.26. The number of carbonyl (C=O) groups is 2. The summed E-state index contributed by atoms with van der Waals surface area (Å²) >= 11 is 9.60. The van der Waals surface area contributed by atoms with Gasteiger partial charge in [-0.1, -0.05) is 45.7 Å². The molecule has 0 aromatic heterocycles. The summed E-state index contributed by atoms with van der Waals surface area (Å²) in [5.74, 6) is 0.704. The van der Waals surface area contributed by atoms with Crippen molar-refractivity contribution in [2.75, 3.05) is 20.3 Å². The van der Waals surface area contributed by atoms with Crippen molar-refractivity contribution in [2.24, 2.45) is 5.10 Å². The van der Waals surface area contributed by atoms with Crippen LogP contribution in [0.2, 0.25) is 5.02 Å². The van der Waals surface area contributed by atoms with Gasteiger partial charge in [-0.15, -0.1) is 0 Å². The van der Waals surface area contributed by atoms with Crippen LogP contribution < -0.4 is 30.3 Å². The fraction of sp³-hybridized carbons (Fsp3) is 0.258. The lowest BCUT2D eigenvalue weighted by Gasteiger charge is -2.28. The maximum Gasteiger partial charge on any atom is 0.337 e. The Morgan fingerprint density at radius 1 is 1.09 bits per heavy atom. The van der Waals surface area contributed by atoms with Crippen molar-refractivity contribution in [1.82, 2.24) is 16.1 Å². The number of hydrazone groups is 1. The zero-order chi connectivity index (χ0) is 31.6. The van der Waals surface area contributed by atoms with E-state index in [0.717, 1.165) is 10.0 Å². The van der Waals surface area contributed by atoms with E-state index in [-0.39, 0.29) is 12.2 Å². The maximum absolute atomic E-state index is 12.4. The number of ether oxygens (including phenoxy) is 4. The number of benzene rings is 3. The average Bonchev–Trinajstić information content (AvgIpc) is 3.00. The molecule has 0 saturated heterocycles. The fourth-order valence-electron chi connectivity index (χ4n) is 4.31. The number of rotatable bonds is 13. The normalized spacial score (nSPS) is 15.3. The topological polar surface area (TPSA) is 140 Å². The molecule has 1 aliphatic heterocycles. The first-order valence-electron chi connectivity index (χ1n) is 13.6. The first-order valence-corrected chi connectivity index (χ1v) is 14.7. The van der Waals surface area contributed by atoms with Crippen LogP contribution in [-0.4, -0.2) is 49.9 Å². The quantitative estimate of drug-likeness (QED) is 0.0833. The van der Waals surface area contributed by atoms with E-state index in [1.54, 1.807) is 43.3 Å². The van der Waals surface area contributed by atoms with E-state index in [9.17, 15) is 14.7 Å². The van der Waals surface area contributed by atoms with Gasteiger partial charge in [0.05, 0.1) is 31.5 Å². The number of halogens is 2. The Balaban J connectivity index is 1.40. The molecule has 0 aliphatic carbocycles. The number of methoxy groups -OCH3 is 1. The molecule has 44 heavy (non-hydrogen) atoms. The largest absolute Gasteiger partial charge is 0.490 e. The number of esters is 1. The molecule has 0 fully saturated rings. The van der Waals surface area contributed by atoms with Crippen molar-refractivity contribution >= 4 is 45.7 Å². The van der Waals surface area contributed by atoms with Crippen LogP contribution in [0.3, 0.4) is 0 Å². The van der Waals surface area contributed by atoms with Gasteiger partial charge in [-0.05, 0) is 67.4 Å². The predicted octanol–water partition coefficient (Wildman–Crippen LogP) is 5.20. The number of hydrogen-bond acceptors (Lipinski definition) is 9. The van der Waals surface area contributed by atoms with Crippen LogP contribution in [0.4, 0.5) is 4.79 Å². The highest BCUT2D eigenvalue weighted by Crippen LogP contribution is 2.35. The van der Waals surface area contributed by atoms with Gasteiger partial charge in [0.1, 0.15) is 19.0 Å². The second-order valence-electron chi connectivity index (χ2n) is 9.51. The third-order valence-electron chi connectivity index (χ3n) is 6.38. The van der Waals surface area contributed by atoms with Crippen molar-refractivity contribution in [3.63, 3.8) is 0 Å². The standard InChI is InChI=1S/C31H32BrClN4O7/c1-4-42-26-14-20(29-28(30(39)41-3)18(2)35-31(40)36-29)7-11-25(26)44-17-27(38)37-34-15-21-13-23(33)10-12-24(21)43-16-19-5-8-22(32)9-6-19/h5-15,27,29,37-38H,4,16-17H2,1-3H3,(H2,35,36,40)/b34-15+/t27-,29-/m1/s1. The second kappa shape index (κ2) is 15.5. The van der Waals surface area contributed by atoms with Crippen molar-refractivity contribution in [3.05, 3.63) is 98.1 Å². The van der Waals surface area contributed by atoms with Gasteiger partial charge < -0.3 is 34.7 Å². The molecule has 0 unspecified atom stereocenters. The van der Waals surface area contributed by atoms with Crippen LogP contribution in [-0.2, 0) is 16.1 Å². The number of nitrogens with one attached hydrogen (secondary N) is 3. The van der Waals surface area contributed by atoms with Crippen LogP contribution in [0.15, 0.2) is 81.5 Å². The Morgan fingerprint density at radius 2 is 1.84 bits per heavy atom. The Bertz CT molecular complexity index is 1550. The number of allylic oxidation sites excluding steroid dienone is 1. The molecule has 1 aliphatic rings. The third-order valence-corrected chi connectivity index (χ3v) is 7.14. The SMILES string of the molecule is CCOc1cc([C@H]2NC(=O)NC(C)=C2C(=O)OC)ccc1OC[C@@H](O)N/N=C/c1cc(Cl)ccc1OCc1ccc(Br)cc1. The van der Waals surface area contributed by atoms with Crippen molar-refractivity contribution < 1.29 is 33.6 Å². The molecule has 0 bridgehead atoms. The summed E-state index contributed by atoms with van der Waals surface area (Å²) in [7, 11) is 1.27. The second-order valence-corrected chi connectivity index (χ2v) is 10.9.